The van der Waals surface area contributed by atoms with E-state index in [0.29, 0.717) is 10.8 Å². The lowest BCUT2D eigenvalue weighted by Gasteiger charge is -2.16. The molecule has 19 heavy (non-hydrogen) atoms. The second-order valence-corrected chi connectivity index (χ2v) is 4.99. The highest BCUT2D eigenvalue weighted by Crippen LogP contribution is 2.31. The van der Waals surface area contributed by atoms with E-state index in [2.05, 4.69) is 0 Å². The lowest BCUT2D eigenvalue weighted by atomic mass is 9.95. The molecular formula is C16H17ClO2. The van der Waals surface area contributed by atoms with Gasteiger partial charge >= 0.3 is 0 Å². The number of methoxy groups -OCH3 is 1. The summed E-state index contributed by atoms with van der Waals surface area (Å²) in [4.78, 5) is 0. The molecule has 2 aromatic carbocycles. The van der Waals surface area contributed by atoms with E-state index in [1.807, 2.05) is 38.1 Å². The highest BCUT2D eigenvalue weighted by Gasteiger charge is 2.15. The monoisotopic (exact) mass is 276 g/mol. The molecule has 1 atom stereocenters. The van der Waals surface area contributed by atoms with E-state index in [1.54, 1.807) is 19.2 Å². The lowest BCUT2D eigenvalue weighted by Crippen LogP contribution is -2.03. The molecule has 0 heterocycles. The van der Waals surface area contributed by atoms with Crippen LogP contribution in [0.25, 0.3) is 0 Å². The maximum Gasteiger partial charge on any atom is 0.137 e. The second kappa shape index (κ2) is 5.64. The molecule has 0 aromatic heterocycles. The van der Waals surface area contributed by atoms with Crippen molar-refractivity contribution < 1.29 is 9.84 Å². The van der Waals surface area contributed by atoms with E-state index in [-0.39, 0.29) is 0 Å². The minimum Gasteiger partial charge on any atom is -0.495 e. The van der Waals surface area contributed by atoms with Gasteiger partial charge in [-0.05, 0) is 48.2 Å². The van der Waals surface area contributed by atoms with E-state index in [9.17, 15) is 5.11 Å². The first kappa shape index (κ1) is 13.9. The van der Waals surface area contributed by atoms with Crippen LogP contribution < -0.4 is 4.74 Å². The molecule has 2 rings (SSSR count). The van der Waals surface area contributed by atoms with Crippen LogP contribution in [0.5, 0.6) is 5.75 Å². The summed E-state index contributed by atoms with van der Waals surface area (Å²) in [6.45, 7) is 4.05. The molecule has 0 aliphatic carbocycles. The van der Waals surface area contributed by atoms with Gasteiger partial charge in [-0.1, -0.05) is 35.9 Å². The van der Waals surface area contributed by atoms with Gasteiger partial charge in [-0.2, -0.15) is 0 Å². The number of hydrogen-bond acceptors (Lipinski definition) is 2. The van der Waals surface area contributed by atoms with Gasteiger partial charge in [0.2, 0.25) is 0 Å². The maximum absolute atomic E-state index is 10.5. The fourth-order valence-corrected chi connectivity index (χ4v) is 2.37. The molecule has 1 N–H and O–H groups in total. The average Bonchev–Trinajstić information content (AvgIpc) is 2.41. The van der Waals surface area contributed by atoms with Crippen LogP contribution in [-0.2, 0) is 0 Å². The summed E-state index contributed by atoms with van der Waals surface area (Å²) in [6.07, 6.45) is -0.677. The summed E-state index contributed by atoms with van der Waals surface area (Å²) < 4.78 is 5.11. The Labute approximate surface area is 118 Å². The van der Waals surface area contributed by atoms with Crippen molar-refractivity contribution in [2.24, 2.45) is 0 Å². The van der Waals surface area contributed by atoms with Gasteiger partial charge in [0.05, 0.1) is 12.1 Å². The van der Waals surface area contributed by atoms with Gasteiger partial charge in [0.15, 0.2) is 0 Å². The normalized spacial score (nSPS) is 12.3. The zero-order chi connectivity index (χ0) is 14.0. The number of aliphatic hydroxyl groups excluding tert-OH is 1. The fraction of sp³-hybridized carbons (Fsp3) is 0.250. The third kappa shape index (κ3) is 2.75. The van der Waals surface area contributed by atoms with E-state index >= 15 is 0 Å². The molecule has 0 saturated carbocycles. The largest absolute Gasteiger partial charge is 0.495 e. The Morgan fingerprint density at radius 1 is 1.16 bits per heavy atom. The van der Waals surface area contributed by atoms with E-state index < -0.39 is 6.10 Å². The van der Waals surface area contributed by atoms with Crippen LogP contribution in [0.3, 0.4) is 0 Å². The SMILES string of the molecule is COc1ccc(C(O)c2cccc(C)c2C)cc1Cl. The molecule has 2 nitrogen and oxygen atoms in total. The molecule has 0 aliphatic heterocycles. The third-order valence-corrected chi connectivity index (χ3v) is 3.73. The Kier molecular flexibility index (Phi) is 4.13. The molecular weight excluding hydrogens is 260 g/mol. The second-order valence-electron chi connectivity index (χ2n) is 4.59. The standard InChI is InChI=1S/C16H17ClO2/c1-10-5-4-6-13(11(10)2)16(18)12-7-8-15(19-3)14(17)9-12/h4-9,16,18H,1-3H3. The minimum atomic E-state index is -0.677. The zero-order valence-electron chi connectivity index (χ0n) is 11.3. The van der Waals surface area contributed by atoms with Crippen molar-refractivity contribution in [1.29, 1.82) is 0 Å². The number of aryl methyl sites for hydroxylation is 1. The summed E-state index contributed by atoms with van der Waals surface area (Å²) in [7, 11) is 1.57. The first-order valence-corrected chi connectivity index (χ1v) is 6.50. The van der Waals surface area contributed by atoms with Gasteiger partial charge in [0.1, 0.15) is 11.9 Å². The third-order valence-electron chi connectivity index (χ3n) is 3.43. The van der Waals surface area contributed by atoms with Crippen LogP contribution >= 0.6 is 11.6 Å². The van der Waals surface area contributed by atoms with Crippen molar-refractivity contribution in [3.8, 4) is 5.75 Å². The summed E-state index contributed by atoms with van der Waals surface area (Å²) in [5.74, 6) is 0.610. The maximum atomic E-state index is 10.5. The van der Waals surface area contributed by atoms with Crippen LogP contribution in [-0.4, -0.2) is 12.2 Å². The number of aliphatic hydroxyl groups is 1. The first-order chi connectivity index (χ1) is 9.04. The summed E-state index contributed by atoms with van der Waals surface area (Å²) in [5.41, 5.74) is 3.93. The molecule has 0 amide bonds. The number of benzene rings is 2. The van der Waals surface area contributed by atoms with Gasteiger partial charge in [-0.3, -0.25) is 0 Å². The van der Waals surface area contributed by atoms with Crippen LogP contribution in [0, 0.1) is 13.8 Å². The van der Waals surface area contributed by atoms with Crippen LogP contribution in [0.4, 0.5) is 0 Å². The van der Waals surface area contributed by atoms with Crippen molar-refractivity contribution in [2.45, 2.75) is 20.0 Å². The van der Waals surface area contributed by atoms with E-state index in [1.165, 1.54) is 0 Å². The van der Waals surface area contributed by atoms with Gasteiger partial charge in [0, 0.05) is 0 Å². The smallest absolute Gasteiger partial charge is 0.137 e. The fourth-order valence-electron chi connectivity index (χ4n) is 2.10. The summed E-state index contributed by atoms with van der Waals surface area (Å²) in [6, 6.07) is 11.3. The summed E-state index contributed by atoms with van der Waals surface area (Å²) in [5, 5.41) is 11.0. The number of hydrogen-bond donors (Lipinski definition) is 1. The Bertz CT molecular complexity index is 593. The van der Waals surface area contributed by atoms with Gasteiger partial charge in [-0.25, -0.2) is 0 Å². The molecule has 3 heteroatoms. The molecule has 0 spiro atoms. The minimum absolute atomic E-state index is 0.504. The molecule has 0 aliphatic rings. The number of ether oxygens (including phenoxy) is 1. The predicted octanol–water partition coefficient (Wildman–Crippen LogP) is 4.05. The van der Waals surface area contributed by atoms with Crippen molar-refractivity contribution in [3.05, 3.63) is 63.7 Å². The topological polar surface area (TPSA) is 29.5 Å². The Morgan fingerprint density at radius 2 is 1.89 bits per heavy atom. The molecule has 2 aromatic rings. The van der Waals surface area contributed by atoms with Crippen molar-refractivity contribution in [1.82, 2.24) is 0 Å². The Morgan fingerprint density at radius 3 is 2.53 bits per heavy atom. The van der Waals surface area contributed by atoms with Gasteiger partial charge in [-0.15, -0.1) is 0 Å². The molecule has 0 saturated heterocycles. The van der Waals surface area contributed by atoms with Crippen LogP contribution in [0.2, 0.25) is 5.02 Å². The Hall–Kier alpha value is -1.51. The average molecular weight is 277 g/mol. The van der Waals surface area contributed by atoms with Gasteiger partial charge < -0.3 is 9.84 Å². The van der Waals surface area contributed by atoms with Crippen LogP contribution in [0.1, 0.15) is 28.4 Å². The van der Waals surface area contributed by atoms with Gasteiger partial charge in [0.25, 0.3) is 0 Å². The summed E-state index contributed by atoms with van der Waals surface area (Å²) >= 11 is 6.10. The molecule has 1 unspecified atom stereocenters. The molecule has 0 radical (unpaired) electrons. The van der Waals surface area contributed by atoms with E-state index in [4.69, 9.17) is 16.3 Å². The van der Waals surface area contributed by atoms with Crippen molar-refractivity contribution in [2.75, 3.05) is 7.11 Å². The Balaban J connectivity index is 2.41. The molecule has 0 fully saturated rings. The molecule has 100 valence electrons. The quantitative estimate of drug-likeness (QED) is 0.916. The predicted molar refractivity (Wildman–Crippen MR) is 78.0 cm³/mol. The number of halogens is 1. The first-order valence-electron chi connectivity index (χ1n) is 6.12. The highest BCUT2D eigenvalue weighted by molar-refractivity contribution is 6.32. The highest BCUT2D eigenvalue weighted by atomic mass is 35.5. The number of rotatable bonds is 3. The van der Waals surface area contributed by atoms with E-state index in [0.717, 1.165) is 22.3 Å². The van der Waals surface area contributed by atoms with Crippen molar-refractivity contribution in [3.63, 3.8) is 0 Å². The molecule has 0 bridgehead atoms. The van der Waals surface area contributed by atoms with Crippen LogP contribution in [0.15, 0.2) is 36.4 Å². The zero-order valence-corrected chi connectivity index (χ0v) is 12.0. The lowest BCUT2D eigenvalue weighted by molar-refractivity contribution is 0.219. The van der Waals surface area contributed by atoms with Crippen molar-refractivity contribution >= 4 is 11.6 Å².